The van der Waals surface area contributed by atoms with Gasteiger partial charge in [-0.05, 0) is 50.6 Å². The van der Waals surface area contributed by atoms with Crippen LogP contribution in [-0.4, -0.2) is 51.2 Å². The van der Waals surface area contributed by atoms with Crippen LogP contribution in [0, 0.1) is 19.7 Å². The lowest BCUT2D eigenvalue weighted by Gasteiger charge is -2.25. The van der Waals surface area contributed by atoms with Gasteiger partial charge in [0.25, 0.3) is 11.8 Å². The number of fused-ring (bicyclic) bond motifs is 4. The molecule has 2 aromatic heterocycles. The quantitative estimate of drug-likeness (QED) is 0.532. The van der Waals surface area contributed by atoms with Gasteiger partial charge in [0.05, 0.1) is 47.5 Å². The highest BCUT2D eigenvalue weighted by atomic mass is 19.1. The number of rotatable bonds is 0. The molecule has 5 rings (SSSR count). The second-order valence-corrected chi connectivity index (χ2v) is 8.98. The number of carbonyl (C=O) groups excluding carboxylic acids is 2. The van der Waals surface area contributed by atoms with Gasteiger partial charge in [0.1, 0.15) is 5.82 Å². The Balaban J connectivity index is 1.77. The SMILES string of the molecule is Cc1cc2c([nH]1)/C=C1/C(=O)Nc3c(F)cc(cc31)-c1c(nn(C)c1C)COC[C@@H](C)N(C)C2=O. The maximum absolute atomic E-state index is 15.2. The molecule has 2 amide bonds. The minimum Gasteiger partial charge on any atom is -0.373 e. The van der Waals surface area contributed by atoms with Crippen LogP contribution in [0.25, 0.3) is 22.8 Å². The molecular weight excluding hydrogens is 437 g/mol. The number of aryl methyl sites for hydroxylation is 2. The Morgan fingerprint density at radius 2 is 1.91 bits per heavy atom. The summed E-state index contributed by atoms with van der Waals surface area (Å²) in [5, 5.41) is 7.21. The van der Waals surface area contributed by atoms with Gasteiger partial charge in [-0.1, -0.05) is 0 Å². The molecule has 2 N–H and O–H groups in total. The van der Waals surface area contributed by atoms with Gasteiger partial charge in [0.2, 0.25) is 0 Å². The van der Waals surface area contributed by atoms with Crippen molar-refractivity contribution in [3.05, 3.63) is 57.9 Å². The van der Waals surface area contributed by atoms with Gasteiger partial charge < -0.3 is 19.9 Å². The van der Waals surface area contributed by atoms with E-state index in [0.717, 1.165) is 17.0 Å². The van der Waals surface area contributed by atoms with E-state index in [9.17, 15) is 9.59 Å². The van der Waals surface area contributed by atoms with Crippen molar-refractivity contribution in [1.82, 2.24) is 19.7 Å². The Morgan fingerprint density at radius 3 is 2.68 bits per heavy atom. The Bertz CT molecular complexity index is 1380. The van der Waals surface area contributed by atoms with E-state index in [1.807, 2.05) is 27.8 Å². The lowest BCUT2D eigenvalue weighted by atomic mass is 9.97. The lowest BCUT2D eigenvalue weighted by Crippen LogP contribution is -2.38. The van der Waals surface area contributed by atoms with Crippen LogP contribution in [0.2, 0.25) is 0 Å². The van der Waals surface area contributed by atoms with Crippen molar-refractivity contribution in [3.8, 4) is 11.1 Å². The van der Waals surface area contributed by atoms with E-state index < -0.39 is 11.7 Å². The van der Waals surface area contributed by atoms with Gasteiger partial charge in [0.15, 0.2) is 0 Å². The number of aromatic amines is 1. The third-order valence-corrected chi connectivity index (χ3v) is 6.64. The van der Waals surface area contributed by atoms with E-state index in [1.54, 1.807) is 34.8 Å². The zero-order valence-electron chi connectivity index (χ0n) is 19.7. The Morgan fingerprint density at radius 1 is 1.15 bits per heavy atom. The molecule has 9 heteroatoms. The highest BCUT2D eigenvalue weighted by molar-refractivity contribution is 6.35. The highest BCUT2D eigenvalue weighted by Crippen LogP contribution is 2.40. The number of carbonyl (C=O) groups is 2. The van der Waals surface area contributed by atoms with Gasteiger partial charge in [0, 0.05) is 36.6 Å². The fraction of sp³-hybridized carbons (Fsp3) is 0.320. The van der Waals surface area contributed by atoms with Gasteiger partial charge in [-0.15, -0.1) is 0 Å². The van der Waals surface area contributed by atoms with Crippen molar-refractivity contribution in [3.63, 3.8) is 0 Å². The minimum absolute atomic E-state index is 0.130. The second-order valence-electron chi connectivity index (χ2n) is 8.98. The number of nitrogens with one attached hydrogen (secondary N) is 2. The number of hydrogen-bond acceptors (Lipinski definition) is 4. The first kappa shape index (κ1) is 22.1. The summed E-state index contributed by atoms with van der Waals surface area (Å²) in [4.78, 5) is 31.0. The molecule has 2 aliphatic rings. The summed E-state index contributed by atoms with van der Waals surface area (Å²) in [5.41, 5.74) is 5.48. The molecule has 0 saturated carbocycles. The van der Waals surface area contributed by atoms with E-state index in [1.165, 1.54) is 6.07 Å². The topological polar surface area (TPSA) is 92.2 Å². The lowest BCUT2D eigenvalue weighted by molar-refractivity contribution is -0.110. The molecule has 2 aliphatic heterocycles. The maximum atomic E-state index is 15.2. The summed E-state index contributed by atoms with van der Waals surface area (Å²) in [7, 11) is 3.55. The Labute approximate surface area is 196 Å². The molecular formula is C25H26FN5O3. The number of hydrogen-bond donors (Lipinski definition) is 2. The monoisotopic (exact) mass is 463 g/mol. The Kier molecular flexibility index (Phi) is 5.16. The number of amides is 2. The van der Waals surface area contributed by atoms with Crippen LogP contribution < -0.4 is 5.32 Å². The van der Waals surface area contributed by atoms with Crippen LogP contribution in [0.3, 0.4) is 0 Å². The Hall–Kier alpha value is -3.72. The number of aromatic nitrogens is 3. The molecule has 0 saturated heterocycles. The summed E-state index contributed by atoms with van der Waals surface area (Å²) in [6, 6.07) is 4.76. The molecule has 176 valence electrons. The number of ether oxygens (including phenoxy) is 1. The molecule has 0 radical (unpaired) electrons. The van der Waals surface area contributed by atoms with Crippen molar-refractivity contribution >= 4 is 29.2 Å². The van der Waals surface area contributed by atoms with Crippen molar-refractivity contribution in [2.45, 2.75) is 33.4 Å². The van der Waals surface area contributed by atoms with Crippen LogP contribution in [0.4, 0.5) is 10.1 Å². The summed E-state index contributed by atoms with van der Waals surface area (Å²) in [6.45, 7) is 6.17. The summed E-state index contributed by atoms with van der Waals surface area (Å²) < 4.78 is 22.9. The third kappa shape index (κ3) is 3.43. The number of benzene rings is 1. The van der Waals surface area contributed by atoms with Crippen LogP contribution in [0.5, 0.6) is 0 Å². The molecule has 0 aliphatic carbocycles. The largest absolute Gasteiger partial charge is 0.373 e. The maximum Gasteiger partial charge on any atom is 0.256 e. The summed E-state index contributed by atoms with van der Waals surface area (Å²) in [5.74, 6) is -1.15. The zero-order chi connectivity index (χ0) is 24.3. The van der Waals surface area contributed by atoms with Crippen molar-refractivity contribution in [1.29, 1.82) is 0 Å². The first-order valence-corrected chi connectivity index (χ1v) is 11.1. The van der Waals surface area contributed by atoms with Gasteiger partial charge in [-0.25, -0.2) is 4.39 Å². The van der Waals surface area contributed by atoms with E-state index in [-0.39, 0.29) is 29.8 Å². The number of likely N-dealkylation sites (N-methyl/N-ethyl adjacent to an activating group) is 1. The number of H-pyrrole nitrogens is 1. The number of nitrogens with zero attached hydrogens (tertiary/aromatic N) is 3. The van der Waals surface area contributed by atoms with Crippen molar-refractivity contribution in [2.75, 3.05) is 19.0 Å². The predicted molar refractivity (Wildman–Crippen MR) is 127 cm³/mol. The summed E-state index contributed by atoms with van der Waals surface area (Å²) >= 11 is 0. The minimum atomic E-state index is -0.531. The third-order valence-electron chi connectivity index (χ3n) is 6.64. The smallest absolute Gasteiger partial charge is 0.256 e. The molecule has 8 nitrogen and oxygen atoms in total. The second kappa shape index (κ2) is 7.95. The highest BCUT2D eigenvalue weighted by Gasteiger charge is 2.31. The van der Waals surface area contributed by atoms with E-state index in [4.69, 9.17) is 4.74 Å². The average molecular weight is 464 g/mol. The fourth-order valence-electron chi connectivity index (χ4n) is 4.56. The fourth-order valence-corrected chi connectivity index (χ4v) is 4.56. The molecule has 4 heterocycles. The van der Waals surface area contributed by atoms with Crippen LogP contribution >= 0.6 is 0 Å². The molecule has 34 heavy (non-hydrogen) atoms. The van der Waals surface area contributed by atoms with Crippen LogP contribution in [0.1, 0.15) is 45.6 Å². The average Bonchev–Trinajstić information content (AvgIpc) is 3.40. The molecule has 2 bridgehead atoms. The number of halogens is 1. The number of anilines is 1. The summed E-state index contributed by atoms with van der Waals surface area (Å²) in [6.07, 6.45) is 1.62. The van der Waals surface area contributed by atoms with Crippen molar-refractivity contribution < 1.29 is 18.7 Å². The molecule has 0 spiro atoms. The van der Waals surface area contributed by atoms with Crippen LogP contribution in [0.15, 0.2) is 18.2 Å². The van der Waals surface area contributed by atoms with E-state index in [2.05, 4.69) is 15.4 Å². The normalized spacial score (nSPS) is 19.6. The van der Waals surface area contributed by atoms with Crippen molar-refractivity contribution in [2.24, 2.45) is 7.05 Å². The molecule has 3 aromatic rings. The molecule has 1 atom stereocenters. The van der Waals surface area contributed by atoms with Gasteiger partial charge in [-0.3, -0.25) is 14.3 Å². The molecule has 0 fully saturated rings. The van der Waals surface area contributed by atoms with E-state index in [0.29, 0.717) is 34.7 Å². The first-order chi connectivity index (χ1) is 16.2. The zero-order valence-corrected chi connectivity index (χ0v) is 19.7. The molecule has 1 aromatic carbocycles. The first-order valence-electron chi connectivity index (χ1n) is 11.1. The predicted octanol–water partition coefficient (Wildman–Crippen LogP) is 3.65. The van der Waals surface area contributed by atoms with Crippen LogP contribution in [-0.2, 0) is 23.2 Å². The van der Waals surface area contributed by atoms with Gasteiger partial charge in [-0.2, -0.15) is 5.10 Å². The molecule has 0 unspecified atom stereocenters. The standard InChI is InChI=1S/C25H26FN5O3/c1-12-6-18-20(27-12)9-17-16-7-15(8-19(26)23(16)28-24(17)32)22-14(3)31(5)29-21(22)11-34-10-13(2)30(4)25(18)33/h6-9,13,27H,10-11H2,1-5H3,(H,28,32)/b17-9+/t13-/m1/s1. The van der Waals surface area contributed by atoms with Gasteiger partial charge >= 0.3 is 0 Å². The van der Waals surface area contributed by atoms with E-state index >= 15 is 4.39 Å².